The summed E-state index contributed by atoms with van der Waals surface area (Å²) >= 11 is 1.28. The van der Waals surface area contributed by atoms with E-state index in [1.54, 1.807) is 25.3 Å². The topological polar surface area (TPSA) is 94.4 Å². The second kappa shape index (κ2) is 6.63. The molecular weight excluding hydrogens is 330 g/mol. The van der Waals surface area contributed by atoms with Crippen molar-refractivity contribution in [3.63, 3.8) is 0 Å². The second-order valence-corrected chi connectivity index (χ2v) is 6.03. The first kappa shape index (κ1) is 15.9. The molecular formula is C16H13N3O4S. The first-order valence-electron chi connectivity index (χ1n) is 7.03. The Morgan fingerprint density at radius 1 is 1.29 bits per heavy atom. The van der Waals surface area contributed by atoms with Gasteiger partial charge < -0.3 is 10.1 Å². The molecule has 1 aromatic heterocycles. The van der Waals surface area contributed by atoms with Gasteiger partial charge in [0.05, 0.1) is 28.7 Å². The van der Waals surface area contributed by atoms with E-state index in [1.807, 2.05) is 12.1 Å². The molecule has 0 aliphatic heterocycles. The number of hydrogen-bond acceptors (Lipinski definition) is 6. The number of nitro groups is 1. The number of methoxy groups -OCH3 is 1. The van der Waals surface area contributed by atoms with Crippen LogP contribution in [0.2, 0.25) is 0 Å². The van der Waals surface area contributed by atoms with Crippen molar-refractivity contribution >= 4 is 38.3 Å². The van der Waals surface area contributed by atoms with Gasteiger partial charge in [-0.1, -0.05) is 23.5 Å². The number of amides is 1. The van der Waals surface area contributed by atoms with E-state index in [-0.39, 0.29) is 18.0 Å². The lowest BCUT2D eigenvalue weighted by Crippen LogP contribution is -2.14. The van der Waals surface area contributed by atoms with E-state index >= 15 is 0 Å². The first-order chi connectivity index (χ1) is 11.5. The maximum absolute atomic E-state index is 12.1. The molecule has 0 saturated heterocycles. The monoisotopic (exact) mass is 343 g/mol. The molecule has 24 heavy (non-hydrogen) atoms. The van der Waals surface area contributed by atoms with Crippen molar-refractivity contribution in [1.82, 2.24) is 4.98 Å². The summed E-state index contributed by atoms with van der Waals surface area (Å²) in [4.78, 5) is 26.6. The Labute approximate surface area is 141 Å². The average Bonchev–Trinajstić information content (AvgIpc) is 2.96. The Hall–Kier alpha value is -3.00. The lowest BCUT2D eigenvalue weighted by Gasteiger charge is -2.03. The third-order valence-corrected chi connectivity index (χ3v) is 4.30. The molecule has 0 unspecified atom stereocenters. The van der Waals surface area contributed by atoms with Crippen LogP contribution in [0, 0.1) is 10.1 Å². The molecule has 1 heterocycles. The van der Waals surface area contributed by atoms with Crippen molar-refractivity contribution in [2.75, 3.05) is 12.4 Å². The minimum Gasteiger partial charge on any atom is -0.497 e. The number of non-ortho nitro benzene ring substituents is 1. The molecule has 0 aliphatic rings. The molecule has 0 spiro atoms. The number of ether oxygens (including phenoxy) is 1. The molecule has 122 valence electrons. The van der Waals surface area contributed by atoms with Gasteiger partial charge in [-0.15, -0.1) is 0 Å². The molecule has 0 bridgehead atoms. The van der Waals surface area contributed by atoms with Gasteiger partial charge in [0, 0.05) is 12.1 Å². The number of rotatable bonds is 5. The molecule has 1 N–H and O–H groups in total. The Bertz CT molecular complexity index is 905. The van der Waals surface area contributed by atoms with Crippen LogP contribution >= 0.6 is 11.3 Å². The summed E-state index contributed by atoms with van der Waals surface area (Å²) in [5.74, 6) is 0.528. The van der Waals surface area contributed by atoms with E-state index in [0.717, 1.165) is 16.0 Å². The highest BCUT2D eigenvalue weighted by Crippen LogP contribution is 2.28. The fourth-order valence-corrected chi connectivity index (χ4v) is 3.04. The van der Waals surface area contributed by atoms with Crippen LogP contribution < -0.4 is 10.1 Å². The number of aromatic nitrogens is 1. The summed E-state index contributed by atoms with van der Waals surface area (Å²) in [5.41, 5.74) is 1.32. The van der Waals surface area contributed by atoms with Gasteiger partial charge in [-0.3, -0.25) is 14.9 Å². The fraction of sp³-hybridized carbons (Fsp3) is 0.125. The Kier molecular flexibility index (Phi) is 4.39. The standard InChI is InChI=1S/C16H13N3O4S/c1-23-12-5-2-10(3-6-12)8-15(20)18-16-17-13-9-11(19(21)22)4-7-14(13)24-16/h2-7,9H,8H2,1H3,(H,17,18,20). The number of nitrogens with zero attached hydrogens (tertiary/aromatic N) is 2. The average molecular weight is 343 g/mol. The summed E-state index contributed by atoms with van der Waals surface area (Å²) in [5, 5.41) is 13.9. The third-order valence-electron chi connectivity index (χ3n) is 3.35. The highest BCUT2D eigenvalue weighted by atomic mass is 32.1. The molecule has 0 saturated carbocycles. The number of fused-ring (bicyclic) bond motifs is 1. The van der Waals surface area contributed by atoms with Gasteiger partial charge in [-0.25, -0.2) is 4.98 Å². The van der Waals surface area contributed by atoms with Gasteiger partial charge in [-0.2, -0.15) is 0 Å². The van der Waals surface area contributed by atoms with E-state index < -0.39 is 4.92 Å². The van der Waals surface area contributed by atoms with Crippen LogP contribution in [-0.4, -0.2) is 22.9 Å². The van der Waals surface area contributed by atoms with Gasteiger partial charge in [-0.05, 0) is 23.8 Å². The van der Waals surface area contributed by atoms with Gasteiger partial charge in [0.15, 0.2) is 5.13 Å². The molecule has 0 fully saturated rings. The zero-order chi connectivity index (χ0) is 17.1. The van der Waals surface area contributed by atoms with Crippen molar-refractivity contribution in [1.29, 1.82) is 0 Å². The Balaban J connectivity index is 1.71. The van der Waals surface area contributed by atoms with Crippen molar-refractivity contribution in [3.8, 4) is 5.75 Å². The normalized spacial score (nSPS) is 10.5. The highest BCUT2D eigenvalue weighted by Gasteiger charge is 2.12. The van der Waals surface area contributed by atoms with Crippen LogP contribution in [0.15, 0.2) is 42.5 Å². The van der Waals surface area contributed by atoms with E-state index in [9.17, 15) is 14.9 Å². The summed E-state index contributed by atoms with van der Waals surface area (Å²) in [6.07, 6.45) is 0.208. The molecule has 0 aliphatic carbocycles. The van der Waals surface area contributed by atoms with Gasteiger partial charge in [0.25, 0.3) is 5.69 Å². The lowest BCUT2D eigenvalue weighted by molar-refractivity contribution is -0.384. The molecule has 1 amide bonds. The summed E-state index contributed by atoms with van der Waals surface area (Å²) in [7, 11) is 1.58. The SMILES string of the molecule is COc1ccc(CC(=O)Nc2nc3cc([N+](=O)[O-])ccc3s2)cc1. The molecule has 3 rings (SSSR count). The molecule has 0 radical (unpaired) electrons. The maximum Gasteiger partial charge on any atom is 0.271 e. The lowest BCUT2D eigenvalue weighted by atomic mass is 10.1. The number of nitro benzene ring substituents is 1. The molecule has 0 atom stereocenters. The summed E-state index contributed by atoms with van der Waals surface area (Å²) < 4.78 is 5.85. The number of hydrogen-bond donors (Lipinski definition) is 1. The van der Waals surface area contributed by atoms with Gasteiger partial charge >= 0.3 is 0 Å². The third kappa shape index (κ3) is 3.49. The second-order valence-electron chi connectivity index (χ2n) is 5.00. The quantitative estimate of drug-likeness (QED) is 0.566. The van der Waals surface area contributed by atoms with Gasteiger partial charge in [0.2, 0.25) is 5.91 Å². The molecule has 3 aromatic rings. The van der Waals surface area contributed by atoms with Crippen LogP contribution in [0.5, 0.6) is 5.75 Å². The van der Waals surface area contributed by atoms with Crippen molar-refractivity contribution in [2.24, 2.45) is 0 Å². The molecule has 2 aromatic carbocycles. The first-order valence-corrected chi connectivity index (χ1v) is 7.84. The van der Waals surface area contributed by atoms with E-state index in [0.29, 0.717) is 10.6 Å². The zero-order valence-electron chi connectivity index (χ0n) is 12.7. The largest absolute Gasteiger partial charge is 0.497 e. The number of nitrogens with one attached hydrogen (secondary N) is 1. The fourth-order valence-electron chi connectivity index (χ4n) is 2.18. The van der Waals surface area contributed by atoms with Crippen molar-refractivity contribution < 1.29 is 14.5 Å². The zero-order valence-corrected chi connectivity index (χ0v) is 13.5. The minimum atomic E-state index is -0.472. The summed E-state index contributed by atoms with van der Waals surface area (Å²) in [6, 6.07) is 11.7. The molecule has 7 nitrogen and oxygen atoms in total. The highest BCUT2D eigenvalue weighted by molar-refractivity contribution is 7.22. The van der Waals surface area contributed by atoms with Crippen molar-refractivity contribution in [2.45, 2.75) is 6.42 Å². The van der Waals surface area contributed by atoms with E-state index in [4.69, 9.17) is 4.74 Å². The predicted molar refractivity (Wildman–Crippen MR) is 91.6 cm³/mol. The number of carbonyl (C=O) groups is 1. The van der Waals surface area contributed by atoms with Crippen LogP contribution in [0.1, 0.15) is 5.56 Å². The summed E-state index contributed by atoms with van der Waals surface area (Å²) in [6.45, 7) is 0. The van der Waals surface area contributed by atoms with Gasteiger partial charge in [0.1, 0.15) is 5.75 Å². The number of carbonyl (C=O) groups excluding carboxylic acids is 1. The van der Waals surface area contributed by atoms with Crippen LogP contribution in [0.25, 0.3) is 10.2 Å². The number of benzene rings is 2. The smallest absolute Gasteiger partial charge is 0.271 e. The predicted octanol–water partition coefficient (Wildman–Crippen LogP) is 3.39. The molecule has 8 heteroatoms. The number of anilines is 1. The van der Waals surface area contributed by atoms with Crippen LogP contribution in [-0.2, 0) is 11.2 Å². The van der Waals surface area contributed by atoms with Crippen LogP contribution in [0.4, 0.5) is 10.8 Å². The number of thiazole rings is 1. The van der Waals surface area contributed by atoms with Crippen LogP contribution in [0.3, 0.4) is 0 Å². The maximum atomic E-state index is 12.1. The van der Waals surface area contributed by atoms with E-state index in [1.165, 1.54) is 23.5 Å². The Morgan fingerprint density at radius 3 is 2.71 bits per heavy atom. The minimum absolute atomic E-state index is 0.0242. The van der Waals surface area contributed by atoms with Crippen molar-refractivity contribution in [3.05, 3.63) is 58.1 Å². The van der Waals surface area contributed by atoms with E-state index in [2.05, 4.69) is 10.3 Å². The Morgan fingerprint density at radius 2 is 2.04 bits per heavy atom.